The number of rotatable bonds is 4. The Morgan fingerprint density at radius 3 is 2.64 bits per heavy atom. The predicted octanol–water partition coefficient (Wildman–Crippen LogP) is 5.80. The Hall–Kier alpha value is -1.36. The van der Waals surface area contributed by atoms with Crippen LogP contribution in [0.4, 0.5) is 0 Å². The molecule has 0 unspecified atom stereocenters. The van der Waals surface area contributed by atoms with Crippen LogP contribution in [0.3, 0.4) is 0 Å². The van der Waals surface area contributed by atoms with Crippen LogP contribution in [0.2, 0.25) is 10.0 Å². The van der Waals surface area contributed by atoms with Crippen LogP contribution in [0.1, 0.15) is 25.0 Å². The van der Waals surface area contributed by atoms with Crippen molar-refractivity contribution in [2.75, 3.05) is 0 Å². The molecule has 0 saturated heterocycles. The van der Waals surface area contributed by atoms with Gasteiger partial charge in [0.2, 0.25) is 0 Å². The molecule has 1 aliphatic carbocycles. The highest BCUT2D eigenvalue weighted by Gasteiger charge is 2.22. The highest BCUT2D eigenvalue weighted by Crippen LogP contribution is 2.35. The van der Waals surface area contributed by atoms with Crippen molar-refractivity contribution in [1.29, 1.82) is 0 Å². The van der Waals surface area contributed by atoms with Gasteiger partial charge >= 0.3 is 5.69 Å². The summed E-state index contributed by atoms with van der Waals surface area (Å²) in [5.41, 5.74) is 1.87. The van der Waals surface area contributed by atoms with E-state index in [-0.39, 0.29) is 5.69 Å². The van der Waals surface area contributed by atoms with E-state index in [0.29, 0.717) is 15.7 Å². The van der Waals surface area contributed by atoms with Crippen LogP contribution in [0.25, 0.3) is 16.6 Å². The second kappa shape index (κ2) is 6.75. The minimum absolute atomic E-state index is 0.319. The molecule has 3 aromatic rings. The van der Waals surface area contributed by atoms with Gasteiger partial charge in [0.05, 0.1) is 26.9 Å². The monoisotopic (exact) mass is 436 g/mol. The summed E-state index contributed by atoms with van der Waals surface area (Å²) in [4.78, 5) is 17.2. The van der Waals surface area contributed by atoms with E-state index in [1.54, 1.807) is 10.6 Å². The highest BCUT2D eigenvalue weighted by atomic mass is 79.9. The smallest absolute Gasteiger partial charge is 0.259 e. The van der Waals surface area contributed by atoms with Gasteiger partial charge in [0.1, 0.15) is 0 Å². The van der Waals surface area contributed by atoms with Crippen molar-refractivity contribution >= 4 is 50.0 Å². The minimum atomic E-state index is -0.319. The number of aryl methyl sites for hydroxylation is 1. The van der Waals surface area contributed by atoms with Crippen molar-refractivity contribution in [1.82, 2.24) is 9.55 Å². The Morgan fingerprint density at radius 1 is 1.16 bits per heavy atom. The van der Waals surface area contributed by atoms with Gasteiger partial charge in [0.15, 0.2) is 0 Å². The van der Waals surface area contributed by atoms with Gasteiger partial charge in [-0.05, 0) is 59.0 Å². The largest absolute Gasteiger partial charge is 0.352 e. The molecule has 0 aliphatic heterocycles. The Balaban J connectivity index is 1.98. The Labute approximate surface area is 163 Å². The molecule has 1 saturated carbocycles. The average Bonchev–Trinajstić information content (AvgIpc) is 3.40. The molecule has 0 atom stereocenters. The number of benzene rings is 2. The Kier molecular flexibility index (Phi) is 4.61. The molecule has 25 heavy (non-hydrogen) atoms. The summed E-state index contributed by atoms with van der Waals surface area (Å²) < 4.78 is 2.29. The number of halogens is 3. The van der Waals surface area contributed by atoms with Gasteiger partial charge in [-0.1, -0.05) is 48.2 Å². The van der Waals surface area contributed by atoms with Gasteiger partial charge < -0.3 is 0 Å². The lowest BCUT2D eigenvalue weighted by molar-refractivity contribution is 0.711. The third-order valence-electron chi connectivity index (χ3n) is 4.59. The maximum Gasteiger partial charge on any atom is 0.352 e. The van der Waals surface area contributed by atoms with E-state index in [0.717, 1.165) is 39.8 Å². The highest BCUT2D eigenvalue weighted by molar-refractivity contribution is 9.10. The van der Waals surface area contributed by atoms with Crippen molar-refractivity contribution in [3.8, 4) is 5.69 Å². The van der Waals surface area contributed by atoms with Crippen LogP contribution in [-0.4, -0.2) is 9.55 Å². The molecule has 0 spiro atoms. The van der Waals surface area contributed by atoms with Crippen LogP contribution in [0.5, 0.6) is 0 Å². The van der Waals surface area contributed by atoms with E-state index in [2.05, 4.69) is 20.9 Å². The van der Waals surface area contributed by atoms with Crippen molar-refractivity contribution < 1.29 is 0 Å². The van der Waals surface area contributed by atoms with E-state index in [4.69, 9.17) is 23.2 Å². The lowest BCUT2D eigenvalue weighted by Gasteiger charge is -2.15. The van der Waals surface area contributed by atoms with Crippen LogP contribution in [0, 0.1) is 5.92 Å². The van der Waals surface area contributed by atoms with Gasteiger partial charge in [-0.2, -0.15) is 4.98 Å². The topological polar surface area (TPSA) is 34.9 Å². The minimum Gasteiger partial charge on any atom is -0.259 e. The zero-order valence-electron chi connectivity index (χ0n) is 13.3. The maximum atomic E-state index is 12.8. The number of para-hydroxylation sites is 1. The van der Waals surface area contributed by atoms with E-state index >= 15 is 0 Å². The zero-order valence-corrected chi connectivity index (χ0v) is 16.4. The van der Waals surface area contributed by atoms with Gasteiger partial charge in [-0.15, -0.1) is 0 Å². The van der Waals surface area contributed by atoms with Gasteiger partial charge in [0.25, 0.3) is 0 Å². The summed E-state index contributed by atoms with van der Waals surface area (Å²) >= 11 is 16.1. The predicted molar refractivity (Wildman–Crippen MR) is 106 cm³/mol. The number of nitrogens with zero attached hydrogens (tertiary/aromatic N) is 2. The molecule has 2 aromatic carbocycles. The molecule has 3 nitrogen and oxygen atoms in total. The first kappa shape index (κ1) is 17.1. The van der Waals surface area contributed by atoms with Crippen LogP contribution >= 0.6 is 39.1 Å². The first-order chi connectivity index (χ1) is 12.0. The molecule has 0 bridgehead atoms. The van der Waals surface area contributed by atoms with E-state index in [1.807, 2.05) is 30.3 Å². The molecular weight excluding hydrogens is 423 g/mol. The SMILES string of the molecule is O=c1nc(CCC2CC2)c2cc(Cl)c(Br)cc2n1-c1ccccc1Cl. The molecule has 0 radical (unpaired) electrons. The van der Waals surface area contributed by atoms with Crippen molar-refractivity contribution in [3.63, 3.8) is 0 Å². The van der Waals surface area contributed by atoms with E-state index < -0.39 is 0 Å². The lowest BCUT2D eigenvalue weighted by Crippen LogP contribution is -2.24. The summed E-state index contributed by atoms with van der Waals surface area (Å²) in [5, 5.41) is 2.00. The number of fused-ring (bicyclic) bond motifs is 1. The van der Waals surface area contributed by atoms with Crippen LogP contribution in [-0.2, 0) is 6.42 Å². The fourth-order valence-electron chi connectivity index (χ4n) is 3.09. The molecule has 6 heteroatoms. The molecule has 1 aliphatic rings. The van der Waals surface area contributed by atoms with Crippen molar-refractivity contribution in [3.05, 3.63) is 67.1 Å². The summed E-state index contributed by atoms with van der Waals surface area (Å²) in [6.07, 6.45) is 4.41. The molecule has 0 amide bonds. The lowest BCUT2D eigenvalue weighted by atomic mass is 10.1. The molecule has 4 rings (SSSR count). The van der Waals surface area contributed by atoms with Crippen LogP contribution in [0.15, 0.2) is 45.7 Å². The summed E-state index contributed by atoms with van der Waals surface area (Å²) in [6, 6.07) is 11.0. The summed E-state index contributed by atoms with van der Waals surface area (Å²) in [5.74, 6) is 0.772. The molecule has 1 fully saturated rings. The average molecular weight is 438 g/mol. The summed E-state index contributed by atoms with van der Waals surface area (Å²) in [7, 11) is 0. The number of hydrogen-bond acceptors (Lipinski definition) is 2. The van der Waals surface area contributed by atoms with Gasteiger partial charge in [-0.3, -0.25) is 4.57 Å². The van der Waals surface area contributed by atoms with E-state index in [9.17, 15) is 4.79 Å². The second-order valence-electron chi connectivity index (χ2n) is 6.39. The third kappa shape index (κ3) is 3.35. The molecule has 128 valence electrons. The normalized spacial score (nSPS) is 14.2. The first-order valence-electron chi connectivity index (χ1n) is 8.20. The maximum absolute atomic E-state index is 12.8. The third-order valence-corrected chi connectivity index (χ3v) is 6.11. The molecular formula is C19H15BrCl2N2O. The fraction of sp³-hybridized carbons (Fsp3) is 0.263. The fourth-order valence-corrected chi connectivity index (χ4v) is 3.80. The molecule has 1 aromatic heterocycles. The first-order valence-corrected chi connectivity index (χ1v) is 9.75. The molecule has 1 heterocycles. The number of hydrogen-bond donors (Lipinski definition) is 0. The Morgan fingerprint density at radius 2 is 1.92 bits per heavy atom. The standard InChI is InChI=1S/C19H15BrCl2N2O/c20-13-10-18-12(9-15(13)22)16(8-7-11-5-6-11)23-19(25)24(18)17-4-2-1-3-14(17)21/h1-4,9-11H,5-8H2. The molecule has 0 N–H and O–H groups in total. The number of aromatic nitrogens is 2. The van der Waals surface area contributed by atoms with Crippen LogP contribution < -0.4 is 5.69 Å². The van der Waals surface area contributed by atoms with Gasteiger partial charge in [-0.25, -0.2) is 4.79 Å². The quantitative estimate of drug-likeness (QED) is 0.517. The second-order valence-corrected chi connectivity index (χ2v) is 8.06. The van der Waals surface area contributed by atoms with Crippen molar-refractivity contribution in [2.24, 2.45) is 5.92 Å². The van der Waals surface area contributed by atoms with Gasteiger partial charge in [0, 0.05) is 9.86 Å². The van der Waals surface area contributed by atoms with Crippen molar-refractivity contribution in [2.45, 2.75) is 25.7 Å². The Bertz CT molecular complexity index is 1030. The van der Waals surface area contributed by atoms with E-state index in [1.165, 1.54) is 12.8 Å². The summed E-state index contributed by atoms with van der Waals surface area (Å²) in [6.45, 7) is 0. The zero-order chi connectivity index (χ0) is 17.6.